The smallest absolute Gasteiger partial charge is 0.330 e. The highest BCUT2D eigenvalue weighted by Crippen LogP contribution is 2.04. The van der Waals surface area contributed by atoms with Crippen molar-refractivity contribution in [3.05, 3.63) is 29.8 Å². The van der Waals surface area contributed by atoms with E-state index in [1.165, 1.54) is 12.1 Å². The van der Waals surface area contributed by atoms with Crippen LogP contribution >= 0.6 is 0 Å². The quantitative estimate of drug-likeness (QED) is 0.360. The minimum absolute atomic E-state index is 0.382. The fraction of sp³-hybridized carbons (Fsp3) is 0. The monoisotopic (exact) mass is 194 g/mol. The summed E-state index contributed by atoms with van der Waals surface area (Å²) in [4.78, 5) is 21.5. The van der Waals surface area contributed by atoms with Crippen LogP contribution in [0.2, 0.25) is 0 Å². The molecule has 0 aliphatic carbocycles. The predicted molar refractivity (Wildman–Crippen MR) is 51.0 cm³/mol. The number of nitrogens with one attached hydrogen (secondary N) is 2. The number of nitrogen functional groups attached to an aromatic ring is 1. The molecule has 0 unspecified atom stereocenters. The first-order valence-electron chi connectivity index (χ1n) is 3.81. The Labute approximate surface area is 80.2 Å². The summed E-state index contributed by atoms with van der Waals surface area (Å²) in [6.07, 6.45) is 0. The number of anilines is 1. The second-order valence-electron chi connectivity index (χ2n) is 2.57. The van der Waals surface area contributed by atoms with Gasteiger partial charge in [0.15, 0.2) is 0 Å². The minimum Gasteiger partial charge on any atom is -0.399 e. The van der Waals surface area contributed by atoms with Gasteiger partial charge in [-0.05, 0) is 24.3 Å². The lowest BCUT2D eigenvalue weighted by atomic mass is 10.2. The van der Waals surface area contributed by atoms with E-state index in [0.717, 1.165) is 0 Å². The van der Waals surface area contributed by atoms with Crippen molar-refractivity contribution in [3.8, 4) is 0 Å². The maximum absolute atomic E-state index is 11.2. The van der Waals surface area contributed by atoms with Crippen LogP contribution in [0, 0.1) is 0 Å². The number of carbonyl (C=O) groups is 2. The van der Waals surface area contributed by atoms with Gasteiger partial charge in [0.25, 0.3) is 5.91 Å². The molecule has 0 spiro atoms. The maximum atomic E-state index is 11.2. The Kier molecular flexibility index (Phi) is 2.90. The van der Waals surface area contributed by atoms with Crippen molar-refractivity contribution >= 4 is 17.6 Å². The molecule has 14 heavy (non-hydrogen) atoms. The summed E-state index contributed by atoms with van der Waals surface area (Å²) >= 11 is 0. The van der Waals surface area contributed by atoms with E-state index < -0.39 is 11.9 Å². The molecule has 0 aromatic heterocycles. The van der Waals surface area contributed by atoms with E-state index in [9.17, 15) is 9.59 Å². The zero-order valence-corrected chi connectivity index (χ0v) is 7.28. The number of carbonyl (C=O) groups excluding carboxylic acids is 2. The van der Waals surface area contributed by atoms with Gasteiger partial charge in [-0.2, -0.15) is 0 Å². The highest BCUT2D eigenvalue weighted by Gasteiger charge is 2.04. The van der Waals surface area contributed by atoms with E-state index >= 15 is 0 Å². The number of hydrazine groups is 1. The molecule has 0 bridgehead atoms. The van der Waals surface area contributed by atoms with Crippen LogP contribution in [0.5, 0.6) is 0 Å². The van der Waals surface area contributed by atoms with Gasteiger partial charge in [0.2, 0.25) is 0 Å². The van der Waals surface area contributed by atoms with Gasteiger partial charge < -0.3 is 11.5 Å². The van der Waals surface area contributed by atoms with Crippen molar-refractivity contribution in [2.45, 2.75) is 0 Å². The lowest BCUT2D eigenvalue weighted by Crippen LogP contribution is -2.44. The molecule has 6 nitrogen and oxygen atoms in total. The molecule has 0 radical (unpaired) electrons. The number of rotatable bonds is 1. The minimum atomic E-state index is -0.825. The number of hydrogen-bond donors (Lipinski definition) is 4. The van der Waals surface area contributed by atoms with Gasteiger partial charge in [0, 0.05) is 11.3 Å². The third kappa shape index (κ3) is 2.67. The first kappa shape index (κ1) is 9.85. The van der Waals surface area contributed by atoms with Gasteiger partial charge in [-0.15, -0.1) is 0 Å². The fourth-order valence-corrected chi connectivity index (χ4v) is 0.825. The van der Waals surface area contributed by atoms with Crippen molar-refractivity contribution in [1.29, 1.82) is 0 Å². The number of urea groups is 1. The number of benzene rings is 1. The van der Waals surface area contributed by atoms with Crippen molar-refractivity contribution in [1.82, 2.24) is 10.9 Å². The first-order chi connectivity index (χ1) is 6.59. The van der Waals surface area contributed by atoms with Gasteiger partial charge in [0.1, 0.15) is 0 Å². The Balaban J connectivity index is 2.61. The lowest BCUT2D eigenvalue weighted by Gasteiger charge is -2.04. The zero-order valence-electron chi connectivity index (χ0n) is 7.28. The molecule has 74 valence electrons. The molecular formula is C8H10N4O2. The van der Waals surface area contributed by atoms with Gasteiger partial charge in [-0.3, -0.25) is 10.2 Å². The summed E-state index contributed by atoms with van der Waals surface area (Å²) in [5, 5.41) is 0. The predicted octanol–water partition coefficient (Wildman–Crippen LogP) is -0.418. The standard InChI is InChI=1S/C8H10N4O2/c9-6-3-1-5(2-4-6)7(13)11-12-8(10)14/h1-4H,9H2,(H,11,13)(H3,10,12,14). The molecule has 0 atom stereocenters. The first-order valence-corrected chi connectivity index (χ1v) is 3.81. The van der Waals surface area contributed by atoms with Gasteiger partial charge in [0.05, 0.1) is 0 Å². The van der Waals surface area contributed by atoms with Crippen molar-refractivity contribution in [2.24, 2.45) is 5.73 Å². The molecule has 0 saturated carbocycles. The molecule has 0 aliphatic rings. The molecule has 0 fully saturated rings. The van der Waals surface area contributed by atoms with Crippen molar-refractivity contribution in [3.63, 3.8) is 0 Å². The highest BCUT2D eigenvalue weighted by atomic mass is 16.2. The van der Waals surface area contributed by atoms with E-state index in [-0.39, 0.29) is 0 Å². The second kappa shape index (κ2) is 4.13. The van der Waals surface area contributed by atoms with E-state index in [2.05, 4.69) is 5.43 Å². The van der Waals surface area contributed by atoms with Crippen molar-refractivity contribution < 1.29 is 9.59 Å². The normalized spacial score (nSPS) is 9.14. The molecule has 0 heterocycles. The molecule has 6 N–H and O–H groups in total. The number of amides is 3. The molecule has 1 aromatic rings. The lowest BCUT2D eigenvalue weighted by molar-refractivity contribution is 0.0937. The SMILES string of the molecule is NC(=O)NNC(=O)c1ccc(N)cc1. The Bertz CT molecular complexity index is 347. The van der Waals surface area contributed by atoms with Crippen LogP contribution in [0.1, 0.15) is 10.4 Å². The number of primary amides is 1. The van der Waals surface area contributed by atoms with E-state index in [0.29, 0.717) is 11.3 Å². The summed E-state index contributed by atoms with van der Waals surface area (Å²) in [6.45, 7) is 0. The molecule has 6 heteroatoms. The van der Waals surface area contributed by atoms with Crippen molar-refractivity contribution in [2.75, 3.05) is 5.73 Å². The topological polar surface area (TPSA) is 110 Å². The average Bonchev–Trinajstić information content (AvgIpc) is 2.15. The zero-order chi connectivity index (χ0) is 10.6. The van der Waals surface area contributed by atoms with Crippen LogP contribution in [-0.4, -0.2) is 11.9 Å². The Morgan fingerprint density at radius 3 is 2.14 bits per heavy atom. The van der Waals surface area contributed by atoms with Crippen LogP contribution in [0.3, 0.4) is 0 Å². The Hall–Kier alpha value is -2.24. The third-order valence-electron chi connectivity index (χ3n) is 1.47. The number of hydrogen-bond acceptors (Lipinski definition) is 3. The highest BCUT2D eigenvalue weighted by molar-refractivity contribution is 5.95. The summed E-state index contributed by atoms with van der Waals surface area (Å²) < 4.78 is 0. The van der Waals surface area contributed by atoms with Crippen LogP contribution in [0.15, 0.2) is 24.3 Å². The Morgan fingerprint density at radius 1 is 1.07 bits per heavy atom. The average molecular weight is 194 g/mol. The second-order valence-corrected chi connectivity index (χ2v) is 2.57. The molecule has 1 aromatic carbocycles. The molecule has 0 saturated heterocycles. The third-order valence-corrected chi connectivity index (χ3v) is 1.47. The van der Waals surface area contributed by atoms with Gasteiger partial charge in [-0.1, -0.05) is 0 Å². The van der Waals surface area contributed by atoms with Crippen LogP contribution in [0.25, 0.3) is 0 Å². The van der Waals surface area contributed by atoms with E-state index in [1.807, 2.05) is 5.43 Å². The van der Waals surface area contributed by atoms with Crippen LogP contribution in [-0.2, 0) is 0 Å². The summed E-state index contributed by atoms with van der Waals surface area (Å²) in [5.74, 6) is -0.455. The summed E-state index contributed by atoms with van der Waals surface area (Å²) in [7, 11) is 0. The Morgan fingerprint density at radius 2 is 1.64 bits per heavy atom. The van der Waals surface area contributed by atoms with E-state index in [4.69, 9.17) is 11.5 Å². The molecular weight excluding hydrogens is 184 g/mol. The molecule has 1 rings (SSSR count). The van der Waals surface area contributed by atoms with E-state index in [1.54, 1.807) is 12.1 Å². The summed E-state index contributed by atoms with van der Waals surface area (Å²) in [5.41, 5.74) is 15.2. The number of nitrogens with two attached hydrogens (primary N) is 2. The summed E-state index contributed by atoms with van der Waals surface area (Å²) in [6, 6.07) is 5.41. The van der Waals surface area contributed by atoms with Gasteiger partial charge in [-0.25, -0.2) is 10.2 Å². The largest absolute Gasteiger partial charge is 0.399 e. The van der Waals surface area contributed by atoms with Crippen LogP contribution in [0.4, 0.5) is 10.5 Å². The van der Waals surface area contributed by atoms with Crippen LogP contribution < -0.4 is 22.3 Å². The maximum Gasteiger partial charge on any atom is 0.330 e. The molecule has 0 aliphatic heterocycles. The van der Waals surface area contributed by atoms with Gasteiger partial charge >= 0.3 is 6.03 Å². The fourth-order valence-electron chi connectivity index (χ4n) is 0.825. The molecule has 3 amide bonds.